The van der Waals surface area contributed by atoms with Crippen LogP contribution in [0, 0.1) is 25.2 Å². The molecule has 0 unspecified atom stereocenters. The Morgan fingerprint density at radius 2 is 2.12 bits per heavy atom. The molecular weight excluding hydrogens is 240 g/mol. The minimum absolute atomic E-state index is 0.622. The van der Waals surface area contributed by atoms with Gasteiger partial charge in [-0.1, -0.05) is 0 Å². The molecule has 2 aromatic rings. The predicted molar refractivity (Wildman–Crippen MR) is 62.5 cm³/mol. The normalized spacial score (nSPS) is 10.1. The van der Waals surface area contributed by atoms with Crippen LogP contribution in [-0.4, -0.2) is 14.3 Å². The van der Waals surface area contributed by atoms with E-state index < -0.39 is 0 Å². The Bertz CT molecular complexity index is 556. The third-order valence-electron chi connectivity index (χ3n) is 1.76. The molecule has 16 heavy (non-hydrogen) atoms. The lowest BCUT2D eigenvalue weighted by Gasteiger charge is -1.99. The maximum atomic E-state index is 8.84. The van der Waals surface area contributed by atoms with Gasteiger partial charge in [-0.3, -0.25) is 0 Å². The summed E-state index contributed by atoms with van der Waals surface area (Å²) in [7, 11) is 0. The molecule has 0 bridgehead atoms. The highest BCUT2D eigenvalue weighted by Gasteiger charge is 2.06. The van der Waals surface area contributed by atoms with Gasteiger partial charge in [0.25, 0.3) is 0 Å². The second-order valence-corrected chi connectivity index (χ2v) is 5.18. The minimum atomic E-state index is 0.622. The number of nitrogens with zero attached hydrogens (tertiary/aromatic N) is 4. The van der Waals surface area contributed by atoms with Crippen molar-refractivity contribution in [2.75, 3.05) is 0 Å². The zero-order valence-electron chi connectivity index (χ0n) is 8.76. The van der Waals surface area contributed by atoms with Gasteiger partial charge >= 0.3 is 0 Å². The van der Waals surface area contributed by atoms with Crippen molar-refractivity contribution in [1.82, 2.24) is 14.3 Å². The van der Waals surface area contributed by atoms with Crippen molar-refractivity contribution in [1.29, 1.82) is 5.26 Å². The van der Waals surface area contributed by atoms with Crippen molar-refractivity contribution < 1.29 is 0 Å². The maximum Gasteiger partial charge on any atom is 0.176 e. The quantitative estimate of drug-likeness (QED) is 0.817. The van der Waals surface area contributed by atoms with Crippen LogP contribution < -0.4 is 0 Å². The van der Waals surface area contributed by atoms with Gasteiger partial charge in [-0.15, -0.1) is 0 Å². The number of pyridine rings is 1. The van der Waals surface area contributed by atoms with Crippen LogP contribution in [0.15, 0.2) is 21.5 Å². The molecule has 0 amide bonds. The zero-order valence-corrected chi connectivity index (χ0v) is 10.4. The van der Waals surface area contributed by atoms with Crippen LogP contribution in [0.3, 0.4) is 0 Å². The highest BCUT2D eigenvalue weighted by Crippen LogP contribution is 2.28. The van der Waals surface area contributed by atoms with Crippen LogP contribution in [0.25, 0.3) is 0 Å². The van der Waals surface area contributed by atoms with Gasteiger partial charge in [0.15, 0.2) is 4.34 Å². The lowest BCUT2D eigenvalue weighted by molar-refractivity contribution is 1.05. The topological polar surface area (TPSA) is 62.5 Å². The summed E-state index contributed by atoms with van der Waals surface area (Å²) in [4.78, 5) is 8.58. The molecule has 0 spiro atoms. The Kier molecular flexibility index (Phi) is 3.17. The monoisotopic (exact) mass is 248 g/mol. The molecule has 0 aliphatic rings. The fourth-order valence-electron chi connectivity index (χ4n) is 1.16. The van der Waals surface area contributed by atoms with Crippen LogP contribution in [0.2, 0.25) is 0 Å². The number of aryl methyl sites for hydroxylation is 2. The number of nitriles is 1. The van der Waals surface area contributed by atoms with Gasteiger partial charge in [-0.25, -0.2) is 9.97 Å². The molecule has 2 heterocycles. The van der Waals surface area contributed by atoms with E-state index in [1.54, 1.807) is 12.1 Å². The van der Waals surface area contributed by atoms with E-state index in [4.69, 9.17) is 5.26 Å². The molecule has 2 rings (SSSR count). The molecule has 0 saturated carbocycles. The first-order chi connectivity index (χ1) is 7.67. The van der Waals surface area contributed by atoms with E-state index in [2.05, 4.69) is 20.4 Å². The van der Waals surface area contributed by atoms with Crippen molar-refractivity contribution >= 4 is 23.3 Å². The van der Waals surface area contributed by atoms with Crippen molar-refractivity contribution in [3.8, 4) is 6.07 Å². The van der Waals surface area contributed by atoms with E-state index in [1.165, 1.54) is 23.3 Å². The molecule has 0 saturated heterocycles. The molecule has 0 radical (unpaired) electrons. The molecule has 0 fully saturated rings. The number of hydrogen-bond donors (Lipinski definition) is 0. The van der Waals surface area contributed by atoms with Crippen molar-refractivity contribution in [2.45, 2.75) is 23.2 Å². The lowest BCUT2D eigenvalue weighted by atomic mass is 10.2. The fraction of sp³-hybridized carbons (Fsp3) is 0.200. The van der Waals surface area contributed by atoms with E-state index >= 15 is 0 Å². The highest BCUT2D eigenvalue weighted by atomic mass is 32.2. The Hall–Kier alpha value is -1.45. The summed E-state index contributed by atoms with van der Waals surface area (Å²) in [5.74, 6) is 0.764. The van der Waals surface area contributed by atoms with Gasteiger partial charge in [0, 0.05) is 5.69 Å². The molecule has 0 N–H and O–H groups in total. The SMILES string of the molecule is Cc1cc(C#N)cc(Sc2nc(C)ns2)n1. The van der Waals surface area contributed by atoms with Crippen LogP contribution in [0.4, 0.5) is 0 Å². The lowest BCUT2D eigenvalue weighted by Crippen LogP contribution is -1.87. The third kappa shape index (κ3) is 2.56. The summed E-state index contributed by atoms with van der Waals surface area (Å²) < 4.78 is 4.94. The second-order valence-electron chi connectivity index (χ2n) is 3.16. The van der Waals surface area contributed by atoms with Gasteiger partial charge in [-0.2, -0.15) is 9.64 Å². The molecule has 80 valence electrons. The molecule has 0 aromatic carbocycles. The Labute approximate surface area is 102 Å². The smallest absolute Gasteiger partial charge is 0.176 e. The first-order valence-corrected chi connectivity index (χ1v) is 6.13. The van der Waals surface area contributed by atoms with Gasteiger partial charge in [0.1, 0.15) is 10.9 Å². The Balaban J connectivity index is 2.28. The number of hydrogen-bond acceptors (Lipinski definition) is 6. The van der Waals surface area contributed by atoms with Crippen molar-refractivity contribution in [2.24, 2.45) is 0 Å². The Morgan fingerprint density at radius 3 is 2.75 bits per heavy atom. The van der Waals surface area contributed by atoms with Crippen molar-refractivity contribution in [3.05, 3.63) is 29.2 Å². The second kappa shape index (κ2) is 4.60. The van der Waals surface area contributed by atoms with Crippen molar-refractivity contribution in [3.63, 3.8) is 0 Å². The summed E-state index contributed by atoms with van der Waals surface area (Å²) in [5, 5.41) is 9.63. The first-order valence-electron chi connectivity index (χ1n) is 4.54. The molecule has 0 aliphatic carbocycles. The first kappa shape index (κ1) is 11.0. The summed E-state index contributed by atoms with van der Waals surface area (Å²) in [6.07, 6.45) is 0. The molecule has 6 heteroatoms. The highest BCUT2D eigenvalue weighted by molar-refractivity contribution is 8.00. The van der Waals surface area contributed by atoms with E-state index in [0.29, 0.717) is 5.56 Å². The molecule has 0 aliphatic heterocycles. The number of aromatic nitrogens is 3. The fourth-order valence-corrected chi connectivity index (χ4v) is 2.84. The van der Waals surface area contributed by atoms with Gasteiger partial charge in [-0.05, 0) is 49.3 Å². The van der Waals surface area contributed by atoms with Gasteiger partial charge in [0.05, 0.1) is 11.6 Å². The summed E-state index contributed by atoms with van der Waals surface area (Å²) in [6.45, 7) is 3.72. The summed E-state index contributed by atoms with van der Waals surface area (Å²) >= 11 is 2.78. The minimum Gasteiger partial charge on any atom is -0.246 e. The molecular formula is C10H8N4S2. The molecule has 0 atom stereocenters. The predicted octanol–water partition coefficient (Wildman–Crippen LogP) is 2.57. The van der Waals surface area contributed by atoms with E-state index in [9.17, 15) is 0 Å². The van der Waals surface area contributed by atoms with Crippen LogP contribution in [0.1, 0.15) is 17.1 Å². The average Bonchev–Trinajstić information content (AvgIpc) is 2.63. The average molecular weight is 248 g/mol. The Morgan fingerprint density at radius 1 is 1.31 bits per heavy atom. The van der Waals surface area contributed by atoms with Crippen LogP contribution in [-0.2, 0) is 0 Å². The number of rotatable bonds is 2. The van der Waals surface area contributed by atoms with Gasteiger partial charge in [0.2, 0.25) is 0 Å². The van der Waals surface area contributed by atoms with Crippen LogP contribution in [0.5, 0.6) is 0 Å². The van der Waals surface area contributed by atoms with E-state index in [0.717, 1.165) is 20.9 Å². The standard InChI is InChI=1S/C10H8N4S2/c1-6-3-8(5-11)4-9(12-6)15-10-13-7(2)14-16-10/h3-4H,1-2H3. The summed E-state index contributed by atoms with van der Waals surface area (Å²) in [6, 6.07) is 5.63. The summed E-state index contributed by atoms with van der Waals surface area (Å²) in [5.41, 5.74) is 1.46. The largest absolute Gasteiger partial charge is 0.246 e. The maximum absolute atomic E-state index is 8.84. The van der Waals surface area contributed by atoms with Gasteiger partial charge < -0.3 is 0 Å². The molecule has 4 nitrogen and oxygen atoms in total. The van der Waals surface area contributed by atoms with E-state index in [1.807, 2.05) is 13.8 Å². The van der Waals surface area contributed by atoms with Crippen LogP contribution >= 0.6 is 23.3 Å². The third-order valence-corrected chi connectivity index (χ3v) is 3.52. The zero-order chi connectivity index (χ0) is 11.5. The molecule has 2 aromatic heterocycles. The van der Waals surface area contributed by atoms with E-state index in [-0.39, 0.29) is 0 Å².